The highest BCUT2D eigenvalue weighted by Crippen LogP contribution is 2.69. The summed E-state index contributed by atoms with van der Waals surface area (Å²) in [4.78, 5) is 38.1. The molecule has 3 saturated carbocycles. The summed E-state index contributed by atoms with van der Waals surface area (Å²) in [6, 6.07) is 0. The van der Waals surface area contributed by atoms with Crippen molar-refractivity contribution in [1.29, 1.82) is 0 Å². The predicted octanol–water partition coefficient (Wildman–Crippen LogP) is 6.37. The van der Waals surface area contributed by atoms with Crippen molar-refractivity contribution in [2.45, 2.75) is 112 Å². The van der Waals surface area contributed by atoms with E-state index in [1.807, 2.05) is 51.2 Å². The van der Waals surface area contributed by atoms with Gasteiger partial charge in [0.25, 0.3) is 0 Å². The zero-order valence-corrected chi connectivity index (χ0v) is 26.4. The van der Waals surface area contributed by atoms with Crippen molar-refractivity contribution in [3.8, 4) is 0 Å². The van der Waals surface area contributed by atoms with E-state index in [-0.39, 0.29) is 28.4 Å². The molecule has 3 rings (SSSR count). The summed E-state index contributed by atoms with van der Waals surface area (Å²) in [7, 11) is 0. The van der Waals surface area contributed by atoms with Crippen LogP contribution in [0.25, 0.3) is 0 Å². The highest BCUT2D eigenvalue weighted by atomic mass is 16.5. The topological polar surface area (TPSA) is 110 Å². The van der Waals surface area contributed by atoms with Crippen LogP contribution in [0.5, 0.6) is 0 Å². The first-order chi connectivity index (χ1) is 18.9. The summed E-state index contributed by atoms with van der Waals surface area (Å²) in [5.74, 6) is -1.43. The fourth-order valence-electron chi connectivity index (χ4n) is 8.32. The number of ether oxygens (including phenoxy) is 2. The standard InChI is InChI=1S/C34H50O7/c1-10-40-27(31(5,6)39)15-14-21(2)12-11-13-22(3)29-24(36)20-26-32(7)19-17-28(41-23(4)35)34(9,30(37)38)25(32)16-18-33(26,29)8/h11-15,25-28,39H,10,16-20H2,1-9H3,(H,37,38)/b13-11+,15-14+,21-12+,29-22?/t25-,26+,27-,28-,32+,33+,34-/m1/s1. The van der Waals surface area contributed by atoms with Crippen molar-refractivity contribution < 1.29 is 34.1 Å². The SMILES string of the molecule is CCO[C@H](/C=C/C(C)=C/C=C/C(C)=C1C(=O)C[C@H]2[C@@]3(C)CC[C@@H](OC(C)=O)[C@](C)(C(=O)O)[C@@H]3CC[C@]12C)C(C)(C)O. The highest BCUT2D eigenvalue weighted by Gasteiger charge is 2.68. The molecule has 0 aromatic rings. The molecule has 0 heterocycles. The van der Waals surface area contributed by atoms with E-state index in [1.54, 1.807) is 20.8 Å². The largest absolute Gasteiger partial charge is 0.481 e. The van der Waals surface area contributed by atoms with Gasteiger partial charge in [-0.05, 0) is 90.0 Å². The molecular formula is C34H50O7. The van der Waals surface area contributed by atoms with Crippen LogP contribution < -0.4 is 0 Å². The number of carboxylic acid groups (broad SMARTS) is 1. The van der Waals surface area contributed by atoms with Crippen molar-refractivity contribution >= 4 is 17.7 Å². The Kier molecular flexibility index (Phi) is 9.66. The lowest BCUT2D eigenvalue weighted by Crippen LogP contribution is -2.61. The molecule has 0 aromatic heterocycles. The Morgan fingerprint density at radius 3 is 2.29 bits per heavy atom. The lowest BCUT2D eigenvalue weighted by molar-refractivity contribution is -0.204. The maximum absolute atomic E-state index is 13.6. The molecule has 228 valence electrons. The molecule has 0 spiro atoms. The summed E-state index contributed by atoms with van der Waals surface area (Å²) in [5, 5.41) is 20.7. The minimum absolute atomic E-state index is 0.0223. The Morgan fingerprint density at radius 1 is 1.07 bits per heavy atom. The number of aliphatic carboxylic acids is 1. The van der Waals surface area contributed by atoms with Crippen LogP contribution in [0.3, 0.4) is 0 Å². The number of carbonyl (C=O) groups excluding carboxylic acids is 2. The van der Waals surface area contributed by atoms with Gasteiger partial charge in [-0.15, -0.1) is 0 Å². The molecule has 3 fully saturated rings. The summed E-state index contributed by atoms with van der Waals surface area (Å²) < 4.78 is 11.2. The monoisotopic (exact) mass is 570 g/mol. The third-order valence-corrected chi connectivity index (χ3v) is 10.3. The van der Waals surface area contributed by atoms with Crippen LogP contribution in [-0.2, 0) is 23.9 Å². The van der Waals surface area contributed by atoms with Crippen LogP contribution in [0.4, 0.5) is 0 Å². The summed E-state index contributed by atoms with van der Waals surface area (Å²) >= 11 is 0. The van der Waals surface area contributed by atoms with Crippen molar-refractivity contribution in [3.63, 3.8) is 0 Å². The molecule has 0 radical (unpaired) electrons. The van der Waals surface area contributed by atoms with Crippen molar-refractivity contribution in [2.24, 2.45) is 28.1 Å². The maximum Gasteiger partial charge on any atom is 0.313 e. The second kappa shape index (κ2) is 12.0. The van der Waals surface area contributed by atoms with Crippen LogP contribution in [0.2, 0.25) is 0 Å². The first-order valence-corrected chi connectivity index (χ1v) is 14.9. The van der Waals surface area contributed by atoms with Gasteiger partial charge in [-0.2, -0.15) is 0 Å². The second-order valence-corrected chi connectivity index (χ2v) is 13.6. The van der Waals surface area contributed by atoms with E-state index in [9.17, 15) is 24.6 Å². The van der Waals surface area contributed by atoms with Crippen molar-refractivity contribution in [2.75, 3.05) is 6.61 Å². The van der Waals surface area contributed by atoms with Gasteiger partial charge in [-0.1, -0.05) is 49.8 Å². The number of allylic oxidation sites excluding steroid dienone is 7. The number of fused-ring (bicyclic) bond motifs is 3. The Morgan fingerprint density at radius 2 is 1.73 bits per heavy atom. The molecule has 41 heavy (non-hydrogen) atoms. The van der Waals surface area contributed by atoms with Gasteiger partial charge >= 0.3 is 11.9 Å². The average Bonchev–Trinajstić information content (AvgIpc) is 3.13. The van der Waals surface area contributed by atoms with E-state index in [4.69, 9.17) is 9.47 Å². The lowest BCUT2D eigenvalue weighted by Gasteiger charge is -2.61. The number of rotatable bonds is 9. The highest BCUT2D eigenvalue weighted by molar-refractivity contribution is 6.01. The van der Waals surface area contributed by atoms with E-state index < -0.39 is 35.2 Å². The molecule has 0 amide bonds. The normalized spacial score (nSPS) is 36.3. The molecular weight excluding hydrogens is 520 g/mol. The van der Waals surface area contributed by atoms with Crippen LogP contribution in [-0.4, -0.2) is 52.4 Å². The van der Waals surface area contributed by atoms with Gasteiger partial charge < -0.3 is 19.7 Å². The molecule has 0 aliphatic heterocycles. The van der Waals surface area contributed by atoms with Gasteiger partial charge in [0.15, 0.2) is 5.78 Å². The van der Waals surface area contributed by atoms with Crippen LogP contribution in [0.15, 0.2) is 47.1 Å². The summed E-state index contributed by atoms with van der Waals surface area (Å²) in [6.07, 6.45) is 11.6. The van der Waals surface area contributed by atoms with Crippen LogP contribution >= 0.6 is 0 Å². The zero-order chi connectivity index (χ0) is 31.0. The second-order valence-electron chi connectivity index (χ2n) is 13.6. The van der Waals surface area contributed by atoms with Gasteiger partial charge in [0, 0.05) is 30.9 Å². The Bertz CT molecular complexity index is 1170. The molecule has 3 aliphatic rings. The predicted molar refractivity (Wildman–Crippen MR) is 159 cm³/mol. The number of hydrogen-bond donors (Lipinski definition) is 2. The lowest BCUT2D eigenvalue weighted by atomic mass is 9.42. The summed E-state index contributed by atoms with van der Waals surface area (Å²) in [5.41, 5.74) is -0.119. The van der Waals surface area contributed by atoms with Gasteiger partial charge in [-0.3, -0.25) is 14.4 Å². The number of carbonyl (C=O) groups is 3. The molecule has 2 N–H and O–H groups in total. The minimum atomic E-state index is -1.20. The third kappa shape index (κ3) is 6.17. The molecule has 0 aromatic carbocycles. The van der Waals surface area contributed by atoms with Gasteiger partial charge in [0.2, 0.25) is 0 Å². The zero-order valence-electron chi connectivity index (χ0n) is 26.4. The fourth-order valence-corrected chi connectivity index (χ4v) is 8.32. The van der Waals surface area contributed by atoms with E-state index in [1.165, 1.54) is 6.92 Å². The average molecular weight is 571 g/mol. The van der Waals surface area contributed by atoms with E-state index in [0.717, 1.165) is 23.1 Å². The number of carboxylic acids is 1. The Labute approximate surface area is 245 Å². The molecule has 7 atom stereocenters. The minimum Gasteiger partial charge on any atom is -0.481 e. The number of Topliss-reactive ketones (excluding diaryl/α,β-unsaturated/α-hetero) is 1. The van der Waals surface area contributed by atoms with Gasteiger partial charge in [0.05, 0.1) is 5.60 Å². The third-order valence-electron chi connectivity index (χ3n) is 10.3. The Balaban J connectivity index is 1.89. The first-order valence-electron chi connectivity index (χ1n) is 14.9. The van der Waals surface area contributed by atoms with Crippen LogP contribution in [0, 0.1) is 28.1 Å². The first kappa shape index (κ1) is 33.0. The number of esters is 1. The molecule has 7 nitrogen and oxygen atoms in total. The van der Waals surface area contributed by atoms with Gasteiger partial charge in [-0.25, -0.2) is 0 Å². The number of aliphatic hydroxyl groups is 1. The smallest absolute Gasteiger partial charge is 0.313 e. The number of hydrogen-bond acceptors (Lipinski definition) is 6. The molecule has 0 bridgehead atoms. The van der Waals surface area contributed by atoms with Crippen molar-refractivity contribution in [1.82, 2.24) is 0 Å². The molecule has 0 unspecified atom stereocenters. The molecule has 3 aliphatic carbocycles. The fraction of sp³-hybridized carbons (Fsp3) is 0.676. The van der Waals surface area contributed by atoms with E-state index >= 15 is 0 Å². The Hall–Kier alpha value is -2.51. The molecule has 7 heteroatoms. The van der Waals surface area contributed by atoms with Crippen LogP contribution in [0.1, 0.15) is 94.4 Å². The summed E-state index contributed by atoms with van der Waals surface area (Å²) in [6.45, 7) is 17.2. The van der Waals surface area contributed by atoms with Crippen molar-refractivity contribution in [3.05, 3.63) is 47.1 Å². The molecule has 0 saturated heterocycles. The quantitative estimate of drug-likeness (QED) is 0.188. The van der Waals surface area contributed by atoms with E-state index in [2.05, 4.69) is 13.8 Å². The maximum atomic E-state index is 13.6. The number of ketones is 1. The van der Waals surface area contributed by atoms with E-state index in [0.29, 0.717) is 32.3 Å². The van der Waals surface area contributed by atoms with Gasteiger partial charge in [0.1, 0.15) is 17.6 Å².